The van der Waals surface area contributed by atoms with Crippen LogP contribution >= 0.6 is 39.1 Å². The quantitative estimate of drug-likeness (QED) is 0.0728. The first kappa shape index (κ1) is 93.3. The van der Waals surface area contributed by atoms with E-state index in [-0.39, 0.29) is 152 Å². The van der Waals surface area contributed by atoms with Crippen LogP contribution in [0.15, 0.2) is 236 Å². The zero-order valence-electron chi connectivity index (χ0n) is 51.7. The molecule has 0 amide bonds. The number of carboxylic acid groups (broad SMARTS) is 3. The molecular formula is C71H41BrCl2F9Ir5N10O6-5. The van der Waals surface area contributed by atoms with E-state index in [1.807, 2.05) is 6.07 Å². The predicted octanol–water partition coefficient (Wildman–Crippen LogP) is 17.2. The van der Waals surface area contributed by atoms with Gasteiger partial charge in [-0.1, -0.05) is 135 Å². The van der Waals surface area contributed by atoms with Crippen LogP contribution in [-0.2, 0) is 101 Å². The maximum atomic E-state index is 13.4. The van der Waals surface area contributed by atoms with Crippen LogP contribution in [0.5, 0.6) is 0 Å². The van der Waals surface area contributed by atoms with Crippen molar-refractivity contribution < 1.29 is 170 Å². The van der Waals surface area contributed by atoms with Crippen LogP contribution in [-0.4, -0.2) is 83.1 Å². The summed E-state index contributed by atoms with van der Waals surface area (Å²) < 4.78 is 117. The topological polar surface area (TPSA) is 241 Å². The summed E-state index contributed by atoms with van der Waals surface area (Å²) in [5.41, 5.74) is 2.91. The zero-order valence-corrected chi connectivity index (χ0v) is 66.8. The van der Waals surface area contributed by atoms with Crippen molar-refractivity contribution in [3.05, 3.63) is 346 Å². The van der Waals surface area contributed by atoms with Crippen LogP contribution in [0, 0.1) is 83.2 Å². The Morgan fingerprint density at radius 2 is 0.663 bits per heavy atom. The van der Waals surface area contributed by atoms with Crippen molar-refractivity contribution in [3.8, 4) is 56.3 Å². The number of rotatable bonds is 8. The minimum absolute atomic E-state index is 0. The van der Waals surface area contributed by atoms with Gasteiger partial charge in [-0.25, -0.2) is 51.3 Å². The Labute approximate surface area is 673 Å². The molecule has 0 unspecified atom stereocenters. The molecule has 545 valence electrons. The van der Waals surface area contributed by atoms with Crippen molar-refractivity contribution in [2.75, 3.05) is 0 Å². The summed E-state index contributed by atoms with van der Waals surface area (Å²) in [5.74, 6) is -9.46. The standard InChI is InChI=1S/C11H6BrFN.C11H6ClFN.C11H6F2N.C10H4ClF2N2.C10H4F3N2.3C6H5NO2.5Ir/c3*12-8-4-5-9(10(13)7-8)11-3-1-2-6-14-11;2*11-6-3-4-14-8(5-6)7-1-2-9(12)15-10(7)13;3*8-6(9)5-3-1-2-4-7-5;;;;;/h3*1-4,6-7H;2*2-5H;3*1-4H,(H,8,9);;;;;/q5*-1;;;;;;;;. The Balaban J connectivity index is 0.000000595. The molecule has 104 heavy (non-hydrogen) atoms. The Kier molecular flexibility index (Phi) is 44.7. The fraction of sp³-hybridized carbons (Fsp3) is 0. The molecule has 0 spiro atoms. The molecule has 13 aromatic rings. The maximum Gasteiger partial charge on any atom is 0.354 e. The molecule has 3 aromatic carbocycles. The number of carbonyl (C=O) groups is 3. The molecule has 5 radical (unpaired) electrons. The number of benzene rings is 3. The van der Waals surface area contributed by atoms with Gasteiger partial charge in [0.15, 0.2) is 0 Å². The normalized spacial score (nSPS) is 9.38. The number of aromatic carboxylic acids is 3. The van der Waals surface area contributed by atoms with E-state index in [0.29, 0.717) is 42.7 Å². The molecular weight excluding hydrogens is 2370 g/mol. The summed E-state index contributed by atoms with van der Waals surface area (Å²) >= 11 is 14.5. The zero-order chi connectivity index (χ0) is 71.6. The predicted molar refractivity (Wildman–Crippen MR) is 349 cm³/mol. The summed E-state index contributed by atoms with van der Waals surface area (Å²) in [6.07, 6.45) is 11.7. The van der Waals surface area contributed by atoms with Crippen LogP contribution in [0.25, 0.3) is 56.3 Å². The molecule has 16 nitrogen and oxygen atoms in total. The largest absolute Gasteiger partial charge is 0.477 e. The van der Waals surface area contributed by atoms with Crippen molar-refractivity contribution in [2.45, 2.75) is 0 Å². The molecule has 13 rings (SSSR count). The molecule has 0 saturated heterocycles. The molecule has 0 saturated carbocycles. The van der Waals surface area contributed by atoms with E-state index in [1.54, 1.807) is 116 Å². The third-order valence-electron chi connectivity index (χ3n) is 11.4. The van der Waals surface area contributed by atoms with Crippen LogP contribution in [0.2, 0.25) is 10.0 Å². The summed E-state index contributed by atoms with van der Waals surface area (Å²) in [6.45, 7) is 0. The van der Waals surface area contributed by atoms with Gasteiger partial charge >= 0.3 is 17.9 Å². The van der Waals surface area contributed by atoms with E-state index in [1.165, 1.54) is 73.4 Å². The van der Waals surface area contributed by atoms with E-state index in [9.17, 15) is 53.9 Å². The molecule has 0 atom stereocenters. The molecule has 33 heteroatoms. The molecule has 0 bridgehead atoms. The molecule has 0 aliphatic heterocycles. The first-order chi connectivity index (χ1) is 47.6. The Bertz CT molecular complexity index is 4340. The van der Waals surface area contributed by atoms with Crippen molar-refractivity contribution >= 4 is 57.0 Å². The first-order valence-electron chi connectivity index (χ1n) is 27.5. The Hall–Kier alpha value is -8.75. The molecule has 3 N–H and O–H groups in total. The van der Waals surface area contributed by atoms with Crippen molar-refractivity contribution in [1.29, 1.82) is 0 Å². The SMILES string of the molecule is Fc1c[c-]c(-c2cc(Cl)ccn2)c(F)n1.Fc1c[c-]c(-c2ccccn2)c(F)c1.Fc1cc(Br)c[c-]c1-c1ccccn1.Fc1cc(Cl)c[c-]c1-c1ccccn1.Fc1ccnc(-c2[c-]cc(F)nc2F)c1.O=C(O)c1ccccn1.O=C(O)c1ccccn1.O=C(O)c1ccccn1.[Ir].[Ir].[Ir].[Ir].[Ir]. The minimum Gasteiger partial charge on any atom is -0.477 e. The number of aromatic nitrogens is 10. The second kappa shape index (κ2) is 49.8. The maximum absolute atomic E-state index is 13.4. The van der Waals surface area contributed by atoms with Crippen LogP contribution in [0.4, 0.5) is 39.5 Å². The van der Waals surface area contributed by atoms with Gasteiger partial charge in [0, 0.05) is 178 Å². The second-order valence-electron chi connectivity index (χ2n) is 18.3. The fourth-order valence-electron chi connectivity index (χ4n) is 7.11. The Morgan fingerprint density at radius 3 is 0.981 bits per heavy atom. The van der Waals surface area contributed by atoms with E-state index in [0.717, 1.165) is 36.4 Å². The minimum atomic E-state index is -1.06. The van der Waals surface area contributed by atoms with Gasteiger partial charge < -0.3 is 40.2 Å². The van der Waals surface area contributed by atoms with Gasteiger partial charge in [-0.15, -0.1) is 76.1 Å². The van der Waals surface area contributed by atoms with Gasteiger partial charge in [0.2, 0.25) is 0 Å². The van der Waals surface area contributed by atoms with Gasteiger partial charge in [-0.2, -0.15) is 0 Å². The van der Waals surface area contributed by atoms with Gasteiger partial charge in [-0.05, 0) is 106 Å². The Morgan fingerprint density at radius 1 is 0.327 bits per heavy atom. The van der Waals surface area contributed by atoms with Crippen molar-refractivity contribution in [1.82, 2.24) is 49.8 Å². The average Bonchev–Trinajstić information content (AvgIpc) is 0.866. The third-order valence-corrected chi connectivity index (χ3v) is 12.3. The van der Waals surface area contributed by atoms with Crippen LogP contribution < -0.4 is 0 Å². The van der Waals surface area contributed by atoms with Crippen LogP contribution in [0.1, 0.15) is 31.5 Å². The van der Waals surface area contributed by atoms with E-state index in [2.05, 4.69) is 96.1 Å². The monoisotopic (exact) mass is 2410 g/mol. The van der Waals surface area contributed by atoms with Gasteiger partial charge in [-0.3, -0.25) is 27.5 Å². The van der Waals surface area contributed by atoms with Gasteiger partial charge in [0.1, 0.15) is 46.7 Å². The van der Waals surface area contributed by atoms with E-state index in [4.69, 9.17) is 38.5 Å². The van der Waals surface area contributed by atoms with Crippen LogP contribution in [0.3, 0.4) is 0 Å². The molecule has 0 aliphatic rings. The second-order valence-corrected chi connectivity index (χ2v) is 20.1. The van der Waals surface area contributed by atoms with Crippen molar-refractivity contribution in [3.63, 3.8) is 0 Å². The van der Waals surface area contributed by atoms with Gasteiger partial charge in [0.25, 0.3) is 0 Å². The van der Waals surface area contributed by atoms with E-state index < -0.39 is 65.0 Å². The number of hydrogen-bond donors (Lipinski definition) is 3. The summed E-state index contributed by atoms with van der Waals surface area (Å²) in [5, 5.41) is 25.7. The third kappa shape index (κ3) is 32.5. The summed E-state index contributed by atoms with van der Waals surface area (Å²) in [6, 6.07) is 57.6. The number of pyridine rings is 10. The molecule has 10 aromatic heterocycles. The summed E-state index contributed by atoms with van der Waals surface area (Å²) in [4.78, 5) is 66.8. The smallest absolute Gasteiger partial charge is 0.354 e. The average molecular weight is 2410 g/mol. The fourth-order valence-corrected chi connectivity index (χ4v) is 7.74. The van der Waals surface area contributed by atoms with Crippen molar-refractivity contribution in [2.24, 2.45) is 0 Å². The molecule has 10 heterocycles. The number of halogens is 12. The molecule has 0 fully saturated rings. The van der Waals surface area contributed by atoms with Gasteiger partial charge in [0.05, 0.1) is 0 Å². The molecule has 0 aliphatic carbocycles. The number of carboxylic acids is 3. The van der Waals surface area contributed by atoms with E-state index >= 15 is 0 Å². The summed E-state index contributed by atoms with van der Waals surface area (Å²) in [7, 11) is 0. The number of nitrogens with zero attached hydrogens (tertiary/aromatic N) is 10. The first-order valence-corrected chi connectivity index (χ1v) is 29.1. The number of hydrogen-bond acceptors (Lipinski definition) is 13.